The van der Waals surface area contributed by atoms with Crippen molar-refractivity contribution in [2.24, 2.45) is 0 Å². The lowest BCUT2D eigenvalue weighted by molar-refractivity contribution is 0.660. The normalized spacial score (nSPS) is 14.3. The Hall–Kier alpha value is -3.46. The minimum Gasteiger partial charge on any atom is -0.233 e. The first kappa shape index (κ1) is 15.5. The Bertz CT molecular complexity index is 1490. The molecule has 0 aliphatic heterocycles. The summed E-state index contributed by atoms with van der Waals surface area (Å²) in [5, 5.41) is 12.5. The van der Waals surface area contributed by atoms with Crippen LogP contribution in [0.15, 0.2) is 67.0 Å². The zero-order valence-electron chi connectivity index (χ0n) is 16.0. The highest BCUT2D eigenvalue weighted by Gasteiger charge is 2.17. The molecular formula is C26H19N3. The highest BCUT2D eigenvalue weighted by molar-refractivity contribution is 6.23. The van der Waals surface area contributed by atoms with Gasteiger partial charge in [-0.2, -0.15) is 5.10 Å². The van der Waals surface area contributed by atoms with Crippen molar-refractivity contribution in [2.75, 3.05) is 0 Å². The van der Waals surface area contributed by atoms with Crippen molar-refractivity contribution in [1.29, 1.82) is 0 Å². The van der Waals surface area contributed by atoms with E-state index in [0.717, 1.165) is 24.1 Å². The van der Waals surface area contributed by atoms with Crippen LogP contribution in [0.3, 0.4) is 0 Å². The third-order valence-electron chi connectivity index (χ3n) is 6.54. The van der Waals surface area contributed by atoms with Crippen LogP contribution in [0.5, 0.6) is 0 Å². The van der Waals surface area contributed by atoms with Gasteiger partial charge in [0.25, 0.3) is 0 Å². The molecule has 0 N–H and O–H groups in total. The van der Waals surface area contributed by atoms with E-state index >= 15 is 0 Å². The fourth-order valence-corrected chi connectivity index (χ4v) is 5.13. The number of benzene rings is 4. The molecule has 3 heteroatoms. The minimum absolute atomic E-state index is 0.971. The van der Waals surface area contributed by atoms with Crippen LogP contribution in [0, 0.1) is 0 Å². The van der Waals surface area contributed by atoms with E-state index in [4.69, 9.17) is 4.98 Å². The minimum atomic E-state index is 0.971. The first-order chi connectivity index (χ1) is 14.3. The summed E-state index contributed by atoms with van der Waals surface area (Å²) in [6.07, 6.45) is 8.85. The van der Waals surface area contributed by atoms with E-state index in [1.807, 2.05) is 10.7 Å². The van der Waals surface area contributed by atoms with Crippen LogP contribution in [0.4, 0.5) is 0 Å². The average molecular weight is 373 g/mol. The molecule has 0 bridgehead atoms. The van der Waals surface area contributed by atoms with Gasteiger partial charge in [-0.25, -0.2) is 9.50 Å². The highest BCUT2D eigenvalue weighted by atomic mass is 15.2. The van der Waals surface area contributed by atoms with E-state index in [1.165, 1.54) is 62.0 Å². The summed E-state index contributed by atoms with van der Waals surface area (Å²) < 4.78 is 1.96. The lowest BCUT2D eigenvalue weighted by Crippen LogP contribution is -2.08. The lowest BCUT2D eigenvalue weighted by atomic mass is 9.92. The molecule has 0 amide bonds. The maximum Gasteiger partial charge on any atom is 0.163 e. The molecule has 138 valence electrons. The van der Waals surface area contributed by atoms with Crippen LogP contribution in [0.25, 0.3) is 49.1 Å². The number of nitrogens with zero attached hydrogens (tertiary/aromatic N) is 3. The van der Waals surface area contributed by atoms with Gasteiger partial charge in [0.1, 0.15) is 0 Å². The zero-order chi connectivity index (χ0) is 18.9. The lowest BCUT2D eigenvalue weighted by Gasteiger charge is -2.15. The summed E-state index contributed by atoms with van der Waals surface area (Å²) in [6.45, 7) is 0. The van der Waals surface area contributed by atoms with Gasteiger partial charge in [0, 0.05) is 17.5 Å². The summed E-state index contributed by atoms with van der Waals surface area (Å²) in [7, 11) is 0. The van der Waals surface area contributed by atoms with Gasteiger partial charge >= 0.3 is 0 Å². The summed E-state index contributed by atoms with van der Waals surface area (Å²) in [4.78, 5) is 5.03. The largest absolute Gasteiger partial charge is 0.233 e. The van der Waals surface area contributed by atoms with Gasteiger partial charge in [-0.1, -0.05) is 42.5 Å². The molecule has 0 atom stereocenters. The number of aryl methyl sites for hydroxylation is 2. The van der Waals surface area contributed by atoms with Gasteiger partial charge in [-0.3, -0.25) is 0 Å². The van der Waals surface area contributed by atoms with Gasteiger partial charge in [0.2, 0.25) is 0 Å². The molecule has 0 fully saturated rings. The smallest absolute Gasteiger partial charge is 0.163 e. The molecule has 1 aliphatic rings. The molecule has 0 saturated heterocycles. The molecule has 6 aromatic rings. The summed E-state index contributed by atoms with van der Waals surface area (Å²) in [5.74, 6) is 0. The van der Waals surface area contributed by atoms with Crippen molar-refractivity contribution in [2.45, 2.75) is 25.7 Å². The van der Waals surface area contributed by atoms with E-state index in [1.54, 1.807) is 0 Å². The second-order valence-electron chi connectivity index (χ2n) is 8.25. The van der Waals surface area contributed by atoms with E-state index in [2.05, 4.69) is 65.9 Å². The molecule has 1 aliphatic carbocycles. The van der Waals surface area contributed by atoms with Crippen molar-refractivity contribution in [3.05, 3.63) is 78.2 Å². The van der Waals surface area contributed by atoms with Crippen molar-refractivity contribution in [1.82, 2.24) is 14.6 Å². The zero-order valence-corrected chi connectivity index (χ0v) is 16.0. The van der Waals surface area contributed by atoms with Crippen LogP contribution in [-0.2, 0) is 12.8 Å². The first-order valence-electron chi connectivity index (χ1n) is 10.4. The second-order valence-corrected chi connectivity index (χ2v) is 8.25. The molecule has 0 saturated carbocycles. The van der Waals surface area contributed by atoms with Crippen LogP contribution < -0.4 is 0 Å². The fraction of sp³-hybridized carbons (Fsp3) is 0.154. The Morgan fingerprint density at radius 2 is 1.45 bits per heavy atom. The summed E-state index contributed by atoms with van der Waals surface area (Å²) >= 11 is 0. The summed E-state index contributed by atoms with van der Waals surface area (Å²) in [6, 6.07) is 20.1. The van der Waals surface area contributed by atoms with E-state index in [-0.39, 0.29) is 0 Å². The van der Waals surface area contributed by atoms with Crippen molar-refractivity contribution < 1.29 is 0 Å². The van der Waals surface area contributed by atoms with Crippen molar-refractivity contribution >= 4 is 38.0 Å². The van der Waals surface area contributed by atoms with E-state index in [0.29, 0.717) is 0 Å². The first-order valence-corrected chi connectivity index (χ1v) is 10.4. The third-order valence-corrected chi connectivity index (χ3v) is 6.54. The highest BCUT2D eigenvalue weighted by Crippen LogP contribution is 2.38. The molecule has 4 aromatic carbocycles. The van der Waals surface area contributed by atoms with Crippen LogP contribution in [0.2, 0.25) is 0 Å². The molecule has 0 unspecified atom stereocenters. The number of rotatable bonds is 1. The maximum atomic E-state index is 5.03. The number of hydrogen-bond acceptors (Lipinski definition) is 2. The van der Waals surface area contributed by atoms with Gasteiger partial charge in [-0.15, -0.1) is 0 Å². The molecular weight excluding hydrogens is 354 g/mol. The van der Waals surface area contributed by atoms with Crippen LogP contribution >= 0.6 is 0 Å². The van der Waals surface area contributed by atoms with Crippen molar-refractivity contribution in [3.8, 4) is 11.1 Å². The second kappa shape index (κ2) is 5.54. The average Bonchev–Trinajstić information content (AvgIpc) is 3.18. The Morgan fingerprint density at radius 1 is 0.759 bits per heavy atom. The number of aromatic nitrogens is 3. The topological polar surface area (TPSA) is 30.2 Å². The summed E-state index contributed by atoms with van der Waals surface area (Å²) in [5.41, 5.74) is 5.88. The van der Waals surface area contributed by atoms with Crippen LogP contribution in [0.1, 0.15) is 24.1 Å². The van der Waals surface area contributed by atoms with E-state index in [9.17, 15) is 0 Å². The SMILES string of the molecule is c1cc2ccc3cc(-c4cnn5cc6c(nc45)CCCC6)cc4ccc(c1)c2c34. The number of fused-ring (bicyclic) bond motifs is 2. The molecule has 2 aromatic heterocycles. The molecule has 3 nitrogen and oxygen atoms in total. The Kier molecular flexibility index (Phi) is 2.95. The van der Waals surface area contributed by atoms with Crippen LogP contribution in [-0.4, -0.2) is 14.6 Å². The molecule has 7 rings (SSSR count). The quantitative estimate of drug-likeness (QED) is 0.323. The molecule has 0 spiro atoms. The monoisotopic (exact) mass is 373 g/mol. The fourth-order valence-electron chi connectivity index (χ4n) is 5.13. The Morgan fingerprint density at radius 3 is 2.24 bits per heavy atom. The van der Waals surface area contributed by atoms with Gasteiger partial charge < -0.3 is 0 Å². The Balaban J connectivity index is 1.52. The molecule has 29 heavy (non-hydrogen) atoms. The molecule has 0 radical (unpaired) electrons. The molecule has 2 heterocycles. The van der Waals surface area contributed by atoms with Gasteiger partial charge in [-0.05, 0) is 81.3 Å². The Labute approximate surface area is 167 Å². The standard InChI is InChI=1S/C26H19N3/c1-2-7-23-20(4-1)15-29-26(28-23)22(14-27-29)21-12-18-10-8-16-5-3-6-17-9-11-19(13-21)25(18)24(16)17/h3,5-6,8-15H,1-2,4,7H2. The van der Waals surface area contributed by atoms with Gasteiger partial charge in [0.15, 0.2) is 5.65 Å². The predicted octanol–water partition coefficient (Wildman–Crippen LogP) is 6.17. The van der Waals surface area contributed by atoms with Crippen molar-refractivity contribution in [3.63, 3.8) is 0 Å². The van der Waals surface area contributed by atoms with Gasteiger partial charge in [0.05, 0.1) is 6.20 Å². The van der Waals surface area contributed by atoms with E-state index < -0.39 is 0 Å². The predicted molar refractivity (Wildman–Crippen MR) is 119 cm³/mol. The maximum absolute atomic E-state index is 5.03. The third kappa shape index (κ3) is 2.13. The number of hydrogen-bond donors (Lipinski definition) is 0.